The van der Waals surface area contributed by atoms with Gasteiger partial charge >= 0.3 is 0 Å². The number of aromatic nitrogens is 2. The first kappa shape index (κ1) is 24.0. The van der Waals surface area contributed by atoms with Gasteiger partial charge in [-0.05, 0) is 39.8 Å². The second-order valence-electron chi connectivity index (χ2n) is 9.12. The second-order valence-corrected chi connectivity index (χ2v) is 9.12. The van der Waals surface area contributed by atoms with Crippen molar-refractivity contribution < 1.29 is 33.9 Å². The van der Waals surface area contributed by atoms with Crippen molar-refractivity contribution in [1.82, 2.24) is 15.5 Å². The van der Waals surface area contributed by atoms with Gasteiger partial charge in [0.1, 0.15) is 34.0 Å². The molecule has 0 bridgehead atoms. The van der Waals surface area contributed by atoms with Crippen LogP contribution in [0.15, 0.2) is 58.0 Å². The Morgan fingerprint density at radius 2 is 1.81 bits per heavy atom. The van der Waals surface area contributed by atoms with E-state index in [-0.39, 0.29) is 51.8 Å². The van der Waals surface area contributed by atoms with E-state index in [0.717, 1.165) is 5.56 Å². The molecule has 3 N–H and O–H groups in total. The van der Waals surface area contributed by atoms with Gasteiger partial charge in [0.05, 0.1) is 17.7 Å². The Hall–Kier alpha value is -4.73. The molecule has 0 spiro atoms. The molecule has 0 fully saturated rings. The van der Waals surface area contributed by atoms with Gasteiger partial charge in [0.25, 0.3) is 5.89 Å². The number of hydrogen-bond acceptors (Lipinski definition) is 10. The highest BCUT2D eigenvalue weighted by Gasteiger charge is 2.56. The zero-order valence-electron chi connectivity index (χ0n) is 20.5. The largest absolute Gasteiger partial charge is 0.507 e. The van der Waals surface area contributed by atoms with Crippen LogP contribution >= 0.6 is 0 Å². The number of Topliss-reactive ketones (excluding diaryl/α,β-unsaturated/α-hetero) is 2. The van der Waals surface area contributed by atoms with Gasteiger partial charge in [-0.15, -0.1) is 0 Å². The smallest absolute Gasteiger partial charge is 0.257 e. The fraction of sp³-hybridized carbons (Fsp3) is 0.222. The van der Waals surface area contributed by atoms with Crippen LogP contribution in [0.4, 0.5) is 0 Å². The minimum Gasteiger partial charge on any atom is -0.507 e. The number of nitrogens with zero attached hydrogens (tertiary/aromatic N) is 2. The highest BCUT2D eigenvalue weighted by molar-refractivity contribution is 6.31. The van der Waals surface area contributed by atoms with E-state index in [0.29, 0.717) is 11.7 Å². The average molecular weight is 501 g/mol. The molecule has 3 aromatic rings. The van der Waals surface area contributed by atoms with Gasteiger partial charge in [-0.3, -0.25) is 14.4 Å². The highest BCUT2D eigenvalue weighted by atomic mass is 16.5. The maximum Gasteiger partial charge on any atom is 0.257 e. The molecule has 188 valence electrons. The van der Waals surface area contributed by atoms with Crippen molar-refractivity contribution in [2.75, 3.05) is 0 Å². The number of phenols is 2. The summed E-state index contributed by atoms with van der Waals surface area (Å²) in [5.74, 6) is -2.04. The fourth-order valence-corrected chi connectivity index (χ4v) is 4.69. The van der Waals surface area contributed by atoms with Gasteiger partial charge in [-0.1, -0.05) is 23.4 Å². The monoisotopic (exact) mass is 501 g/mol. The summed E-state index contributed by atoms with van der Waals surface area (Å²) in [6.07, 6.45) is 1.17. The molecule has 1 aliphatic heterocycles. The van der Waals surface area contributed by atoms with Crippen LogP contribution in [0.25, 0.3) is 11.5 Å². The maximum absolute atomic E-state index is 13.8. The number of benzene rings is 2. The Balaban J connectivity index is 1.51. The van der Waals surface area contributed by atoms with Crippen molar-refractivity contribution in [2.45, 2.75) is 39.7 Å². The summed E-state index contributed by atoms with van der Waals surface area (Å²) in [5, 5.41) is 28.3. The Morgan fingerprint density at radius 1 is 1.11 bits per heavy atom. The maximum atomic E-state index is 13.8. The molecule has 0 saturated heterocycles. The van der Waals surface area contributed by atoms with Crippen molar-refractivity contribution in [1.29, 1.82) is 0 Å². The first-order valence-corrected chi connectivity index (χ1v) is 11.5. The van der Waals surface area contributed by atoms with Gasteiger partial charge in [-0.2, -0.15) is 4.98 Å². The quantitative estimate of drug-likeness (QED) is 0.269. The Kier molecular flexibility index (Phi) is 5.47. The number of nitrogens with one attached hydrogen (secondary N) is 1. The number of rotatable bonds is 5. The molecule has 2 aliphatic rings. The number of ether oxygens (including phenoxy) is 1. The Labute approximate surface area is 211 Å². The minimum absolute atomic E-state index is 0.0254. The highest BCUT2D eigenvalue weighted by Crippen LogP contribution is 2.57. The lowest BCUT2D eigenvalue weighted by atomic mass is 9.70. The Bertz CT molecular complexity index is 1570. The van der Waals surface area contributed by atoms with Crippen LogP contribution in [0.5, 0.6) is 17.2 Å². The third kappa shape index (κ3) is 3.52. The third-order valence-corrected chi connectivity index (χ3v) is 6.76. The van der Waals surface area contributed by atoms with Crippen molar-refractivity contribution in [3.63, 3.8) is 0 Å². The third-order valence-electron chi connectivity index (χ3n) is 6.76. The molecule has 10 nitrogen and oxygen atoms in total. The lowest BCUT2D eigenvalue weighted by Crippen LogP contribution is -2.41. The minimum atomic E-state index is -1.58. The number of carbonyl (C=O) groups is 3. The summed E-state index contributed by atoms with van der Waals surface area (Å²) in [6, 6.07) is 9.23. The van der Waals surface area contributed by atoms with E-state index >= 15 is 0 Å². The zero-order valence-corrected chi connectivity index (χ0v) is 20.5. The summed E-state index contributed by atoms with van der Waals surface area (Å²) in [7, 11) is 0. The lowest BCUT2D eigenvalue weighted by Gasteiger charge is -2.29. The zero-order chi connectivity index (χ0) is 26.6. The first-order valence-electron chi connectivity index (χ1n) is 11.5. The van der Waals surface area contributed by atoms with E-state index in [9.17, 15) is 24.6 Å². The standard InChI is InChI=1S/C27H23N3O7/c1-12-22(33)20(14(3)31)24-21(23(12)34)27(4)17(36-24)10-16(32)19(25(27)35)13(2)28-11-18-29-26(37-30-18)15-8-6-5-7-9-15/h5-10,28,33-34H,11H2,1-4H3/b19-13+/t27-/m0/s1. The van der Waals surface area contributed by atoms with E-state index in [1.807, 2.05) is 30.3 Å². The summed E-state index contributed by atoms with van der Waals surface area (Å²) in [5.41, 5.74) is -0.781. The molecule has 0 radical (unpaired) electrons. The molecular weight excluding hydrogens is 478 g/mol. The van der Waals surface area contributed by atoms with Gasteiger partial charge in [0, 0.05) is 22.9 Å². The fourth-order valence-electron chi connectivity index (χ4n) is 4.69. The second kappa shape index (κ2) is 8.44. The van der Waals surface area contributed by atoms with E-state index in [4.69, 9.17) is 9.26 Å². The summed E-state index contributed by atoms with van der Waals surface area (Å²) < 4.78 is 11.1. The SMILES string of the molecule is CC(=O)c1c(O)c(C)c(O)c2c1OC1=CC(=O)/C(=C(/C)NCc3noc(-c4ccccc4)n3)C(=O)[C@@]12C. The van der Waals surface area contributed by atoms with Gasteiger partial charge in [0.2, 0.25) is 0 Å². The summed E-state index contributed by atoms with van der Waals surface area (Å²) in [6.45, 7) is 5.84. The molecule has 2 heterocycles. The van der Waals surface area contributed by atoms with Crippen LogP contribution in [0.3, 0.4) is 0 Å². The molecule has 1 aromatic heterocycles. The van der Waals surface area contributed by atoms with Crippen molar-refractivity contribution in [2.24, 2.45) is 0 Å². The van der Waals surface area contributed by atoms with Crippen LogP contribution in [0.1, 0.15) is 48.1 Å². The predicted molar refractivity (Wildman–Crippen MR) is 130 cm³/mol. The van der Waals surface area contributed by atoms with Crippen LogP contribution < -0.4 is 10.1 Å². The van der Waals surface area contributed by atoms with E-state index in [1.54, 1.807) is 6.92 Å². The van der Waals surface area contributed by atoms with Crippen LogP contribution in [0.2, 0.25) is 0 Å². The van der Waals surface area contributed by atoms with Crippen molar-refractivity contribution >= 4 is 17.3 Å². The summed E-state index contributed by atoms with van der Waals surface area (Å²) in [4.78, 5) is 43.5. The van der Waals surface area contributed by atoms with E-state index < -0.39 is 28.5 Å². The predicted octanol–water partition coefficient (Wildman–Crippen LogP) is 3.41. The lowest BCUT2D eigenvalue weighted by molar-refractivity contribution is -0.123. The molecule has 0 saturated carbocycles. The normalized spacial score (nSPS) is 19.6. The van der Waals surface area contributed by atoms with E-state index in [2.05, 4.69) is 15.5 Å². The molecule has 2 aromatic carbocycles. The number of allylic oxidation sites excluding steroid dienone is 4. The van der Waals surface area contributed by atoms with Gasteiger partial charge in [0.15, 0.2) is 23.2 Å². The first-order chi connectivity index (χ1) is 17.6. The van der Waals surface area contributed by atoms with Crippen LogP contribution in [-0.4, -0.2) is 37.7 Å². The number of aromatic hydroxyl groups is 2. The number of hydrogen-bond donors (Lipinski definition) is 3. The van der Waals surface area contributed by atoms with Crippen LogP contribution in [-0.2, 0) is 21.5 Å². The molecular formula is C27H23N3O7. The number of ketones is 3. The average Bonchev–Trinajstić information content (AvgIpc) is 3.45. The molecule has 0 amide bonds. The van der Waals surface area contributed by atoms with Crippen molar-refractivity contribution in [3.8, 4) is 28.7 Å². The molecule has 1 aliphatic carbocycles. The van der Waals surface area contributed by atoms with Crippen molar-refractivity contribution in [3.05, 3.63) is 76.0 Å². The molecule has 1 atom stereocenters. The number of fused-ring (bicyclic) bond motifs is 3. The topological polar surface area (TPSA) is 152 Å². The van der Waals surface area contributed by atoms with Gasteiger partial charge in [-0.25, -0.2) is 0 Å². The molecule has 10 heteroatoms. The van der Waals surface area contributed by atoms with Crippen LogP contribution in [0, 0.1) is 6.92 Å². The number of phenolic OH excluding ortho intramolecular Hbond substituents is 2. The summed E-state index contributed by atoms with van der Waals surface area (Å²) >= 11 is 0. The molecule has 37 heavy (non-hydrogen) atoms. The molecule has 0 unspecified atom stereocenters. The number of carbonyl (C=O) groups excluding carboxylic acids is 3. The molecule has 5 rings (SSSR count). The van der Waals surface area contributed by atoms with Gasteiger partial charge < -0.3 is 24.8 Å². The van der Waals surface area contributed by atoms with E-state index in [1.165, 1.54) is 26.8 Å². The Morgan fingerprint density at radius 3 is 2.49 bits per heavy atom.